The van der Waals surface area contributed by atoms with Crippen LogP contribution >= 0.6 is 11.8 Å². The molecule has 0 aliphatic heterocycles. The van der Waals surface area contributed by atoms with Gasteiger partial charge in [-0.25, -0.2) is 0 Å². The molecule has 104 valence electrons. The van der Waals surface area contributed by atoms with Crippen LogP contribution in [0, 0.1) is 6.92 Å². The summed E-state index contributed by atoms with van der Waals surface area (Å²) in [4.78, 5) is 4.54. The van der Waals surface area contributed by atoms with Gasteiger partial charge in [0.2, 0.25) is 0 Å². The number of aliphatic imine (C=N–C) groups is 1. The maximum atomic E-state index is 5.92. The van der Waals surface area contributed by atoms with Gasteiger partial charge in [0.1, 0.15) is 5.75 Å². The van der Waals surface area contributed by atoms with Gasteiger partial charge in [-0.2, -0.15) is 0 Å². The van der Waals surface area contributed by atoms with Crippen molar-refractivity contribution in [3.63, 3.8) is 0 Å². The summed E-state index contributed by atoms with van der Waals surface area (Å²) in [6.45, 7) is 2.72. The number of nitrogens with zero attached hydrogens (tertiary/aromatic N) is 1. The molecule has 0 saturated heterocycles. The van der Waals surface area contributed by atoms with E-state index in [1.807, 2.05) is 18.2 Å². The van der Waals surface area contributed by atoms with Gasteiger partial charge in [-0.3, -0.25) is 4.99 Å². The second kappa shape index (κ2) is 7.43. The first-order chi connectivity index (χ1) is 9.25. The maximum Gasteiger partial charge on any atom is 0.154 e. The highest BCUT2D eigenvalue weighted by atomic mass is 32.2. The summed E-state index contributed by atoms with van der Waals surface area (Å²) < 4.78 is 5.73. The number of para-hydroxylation sites is 1. The normalized spacial score (nSPS) is 16.8. The monoisotopic (exact) mass is 278 g/mol. The van der Waals surface area contributed by atoms with Crippen molar-refractivity contribution < 1.29 is 4.74 Å². The van der Waals surface area contributed by atoms with Crippen LogP contribution in [-0.2, 0) is 0 Å². The van der Waals surface area contributed by atoms with Gasteiger partial charge in [-0.05, 0) is 31.4 Å². The van der Waals surface area contributed by atoms with E-state index < -0.39 is 0 Å². The molecule has 1 aromatic carbocycles. The third kappa shape index (κ3) is 4.78. The van der Waals surface area contributed by atoms with E-state index in [0.29, 0.717) is 17.8 Å². The fourth-order valence-electron chi connectivity index (χ4n) is 2.27. The van der Waals surface area contributed by atoms with E-state index in [2.05, 4.69) is 18.0 Å². The summed E-state index contributed by atoms with van der Waals surface area (Å²) in [6, 6.07) is 8.52. The molecule has 1 aromatic rings. The molecule has 3 nitrogen and oxygen atoms in total. The number of hydrogen-bond donors (Lipinski definition) is 1. The van der Waals surface area contributed by atoms with Crippen molar-refractivity contribution in [3.8, 4) is 5.75 Å². The molecular weight excluding hydrogens is 256 g/mol. The Labute approximate surface area is 119 Å². The molecule has 19 heavy (non-hydrogen) atoms. The molecule has 4 heteroatoms. The lowest BCUT2D eigenvalue weighted by Gasteiger charge is -2.09. The number of amidine groups is 1. The van der Waals surface area contributed by atoms with Gasteiger partial charge in [0.15, 0.2) is 5.17 Å². The van der Waals surface area contributed by atoms with Crippen LogP contribution in [0.4, 0.5) is 0 Å². The van der Waals surface area contributed by atoms with Crippen molar-refractivity contribution in [1.82, 2.24) is 0 Å². The zero-order valence-electron chi connectivity index (χ0n) is 11.5. The van der Waals surface area contributed by atoms with E-state index in [4.69, 9.17) is 10.5 Å². The maximum absolute atomic E-state index is 5.92. The first-order valence-corrected chi connectivity index (χ1v) is 7.89. The molecular formula is C15H22N2OS. The molecule has 0 atom stereocenters. The zero-order chi connectivity index (χ0) is 13.5. The van der Waals surface area contributed by atoms with Crippen molar-refractivity contribution in [3.05, 3.63) is 29.8 Å². The van der Waals surface area contributed by atoms with Crippen molar-refractivity contribution in [2.75, 3.05) is 12.4 Å². The molecule has 0 bridgehead atoms. The number of benzene rings is 1. The molecule has 0 spiro atoms. The van der Waals surface area contributed by atoms with Crippen molar-refractivity contribution in [1.29, 1.82) is 0 Å². The predicted octanol–water partition coefficient (Wildman–Crippen LogP) is 3.36. The van der Waals surface area contributed by atoms with E-state index in [1.54, 1.807) is 11.8 Å². The number of ether oxygens (including phenoxy) is 1. The number of aryl methyl sites for hydroxylation is 1. The Hall–Kier alpha value is -1.16. The second-order valence-electron chi connectivity index (χ2n) is 4.87. The fourth-order valence-corrected chi connectivity index (χ4v) is 2.87. The van der Waals surface area contributed by atoms with Crippen LogP contribution in [0.15, 0.2) is 29.3 Å². The molecule has 1 aliphatic carbocycles. The minimum absolute atomic E-state index is 0.463. The lowest BCUT2D eigenvalue weighted by Crippen LogP contribution is -2.14. The average molecular weight is 278 g/mol. The standard InChI is InChI=1S/C15H22N2OS/c1-12-6-2-5-9-14(12)18-10-11-19-15(16)17-13-7-3-4-8-13/h2,5-6,9,13H,3-4,7-8,10-11H2,1H3,(H2,16,17). The van der Waals surface area contributed by atoms with Gasteiger partial charge in [-0.15, -0.1) is 0 Å². The minimum Gasteiger partial charge on any atom is -0.492 e. The summed E-state index contributed by atoms with van der Waals surface area (Å²) in [5.41, 5.74) is 7.09. The topological polar surface area (TPSA) is 47.6 Å². The van der Waals surface area contributed by atoms with Crippen LogP contribution < -0.4 is 10.5 Å². The number of hydrogen-bond acceptors (Lipinski definition) is 3. The van der Waals surface area contributed by atoms with Crippen LogP contribution in [0.3, 0.4) is 0 Å². The van der Waals surface area contributed by atoms with E-state index in [-0.39, 0.29) is 0 Å². The fraction of sp³-hybridized carbons (Fsp3) is 0.533. The van der Waals surface area contributed by atoms with Crippen LogP contribution in [0.1, 0.15) is 31.2 Å². The highest BCUT2D eigenvalue weighted by Gasteiger charge is 2.13. The summed E-state index contributed by atoms with van der Waals surface area (Å²) in [5.74, 6) is 1.80. The largest absolute Gasteiger partial charge is 0.492 e. The van der Waals surface area contributed by atoms with Gasteiger partial charge in [0.05, 0.1) is 12.6 Å². The molecule has 0 unspecified atom stereocenters. The summed E-state index contributed by atoms with van der Waals surface area (Å²) in [5, 5.41) is 0.709. The number of thioether (sulfide) groups is 1. The van der Waals surface area contributed by atoms with Crippen LogP contribution in [0.2, 0.25) is 0 Å². The zero-order valence-corrected chi connectivity index (χ0v) is 12.3. The lowest BCUT2D eigenvalue weighted by atomic mass is 10.2. The van der Waals surface area contributed by atoms with E-state index in [1.165, 1.54) is 31.2 Å². The Morgan fingerprint density at radius 3 is 2.84 bits per heavy atom. The Kier molecular flexibility index (Phi) is 5.58. The smallest absolute Gasteiger partial charge is 0.154 e. The van der Waals surface area contributed by atoms with Crippen LogP contribution in [0.5, 0.6) is 5.75 Å². The minimum atomic E-state index is 0.463. The van der Waals surface area contributed by atoms with Gasteiger partial charge in [-0.1, -0.05) is 42.8 Å². The van der Waals surface area contributed by atoms with Gasteiger partial charge >= 0.3 is 0 Å². The van der Waals surface area contributed by atoms with Crippen molar-refractivity contribution >= 4 is 16.9 Å². The SMILES string of the molecule is Cc1ccccc1OCCSC(N)=NC1CCCC1. The second-order valence-corrected chi connectivity index (χ2v) is 5.98. The molecule has 0 aromatic heterocycles. The molecule has 0 heterocycles. The highest BCUT2D eigenvalue weighted by molar-refractivity contribution is 8.13. The quantitative estimate of drug-likeness (QED) is 0.510. The van der Waals surface area contributed by atoms with Crippen molar-refractivity contribution in [2.24, 2.45) is 10.7 Å². The molecule has 1 saturated carbocycles. The Morgan fingerprint density at radius 1 is 1.37 bits per heavy atom. The molecule has 2 rings (SSSR count). The third-order valence-electron chi connectivity index (χ3n) is 3.32. The van der Waals surface area contributed by atoms with Gasteiger partial charge in [0.25, 0.3) is 0 Å². The Balaban J connectivity index is 1.67. The Bertz CT molecular complexity index is 428. The molecule has 0 radical (unpaired) electrons. The molecule has 0 amide bonds. The van der Waals surface area contributed by atoms with Crippen LogP contribution in [-0.4, -0.2) is 23.6 Å². The lowest BCUT2D eigenvalue weighted by molar-refractivity contribution is 0.342. The van der Waals surface area contributed by atoms with E-state index >= 15 is 0 Å². The van der Waals surface area contributed by atoms with E-state index in [0.717, 1.165) is 11.5 Å². The predicted molar refractivity (Wildman–Crippen MR) is 83.0 cm³/mol. The van der Waals surface area contributed by atoms with Crippen molar-refractivity contribution in [2.45, 2.75) is 38.6 Å². The third-order valence-corrected chi connectivity index (χ3v) is 4.09. The molecule has 1 fully saturated rings. The summed E-state index contributed by atoms with van der Waals surface area (Å²) in [6.07, 6.45) is 4.98. The van der Waals surface area contributed by atoms with Crippen LogP contribution in [0.25, 0.3) is 0 Å². The molecule has 1 aliphatic rings. The number of nitrogens with two attached hydrogens (primary N) is 1. The number of rotatable bonds is 5. The Morgan fingerprint density at radius 2 is 2.11 bits per heavy atom. The first kappa shape index (κ1) is 14.3. The average Bonchev–Trinajstić information content (AvgIpc) is 2.89. The highest BCUT2D eigenvalue weighted by Crippen LogP contribution is 2.22. The van der Waals surface area contributed by atoms with Gasteiger partial charge in [0, 0.05) is 5.75 Å². The summed E-state index contributed by atoms with van der Waals surface area (Å²) >= 11 is 1.59. The summed E-state index contributed by atoms with van der Waals surface area (Å²) in [7, 11) is 0. The van der Waals surface area contributed by atoms with Gasteiger partial charge < -0.3 is 10.5 Å². The molecule has 2 N–H and O–H groups in total. The first-order valence-electron chi connectivity index (χ1n) is 6.90. The van der Waals surface area contributed by atoms with E-state index in [9.17, 15) is 0 Å².